The summed E-state index contributed by atoms with van der Waals surface area (Å²) in [5, 5.41) is 14.2. The van der Waals surface area contributed by atoms with E-state index in [0.29, 0.717) is 31.7 Å². The molecule has 166 valence electrons. The van der Waals surface area contributed by atoms with E-state index >= 15 is 0 Å². The van der Waals surface area contributed by atoms with E-state index in [9.17, 15) is 23.3 Å². The van der Waals surface area contributed by atoms with Crippen LogP contribution >= 0.6 is 11.6 Å². The molecule has 1 aliphatic heterocycles. The van der Waals surface area contributed by atoms with Gasteiger partial charge in [0.2, 0.25) is 15.9 Å². The number of hydrogen-bond acceptors (Lipinski definition) is 6. The number of benzene rings is 2. The van der Waals surface area contributed by atoms with Crippen LogP contribution in [-0.4, -0.2) is 61.2 Å². The SMILES string of the molecule is O=C(CCCNc1ccccc1[N+](=O)[O-])N1CCN(S(=O)(=O)c2ccccc2Cl)CC1. The molecule has 11 heteroatoms. The Morgan fingerprint density at radius 1 is 1.06 bits per heavy atom. The first kappa shape index (κ1) is 23.0. The van der Waals surface area contributed by atoms with Gasteiger partial charge in [-0.25, -0.2) is 8.42 Å². The van der Waals surface area contributed by atoms with Crippen LogP contribution in [0.3, 0.4) is 0 Å². The van der Waals surface area contributed by atoms with Crippen molar-refractivity contribution in [2.24, 2.45) is 0 Å². The van der Waals surface area contributed by atoms with Gasteiger partial charge in [-0.15, -0.1) is 0 Å². The second kappa shape index (κ2) is 10.1. The predicted octanol–water partition coefficient (Wildman–Crippen LogP) is 2.97. The quantitative estimate of drug-likeness (QED) is 0.363. The molecule has 3 rings (SSSR count). The Morgan fingerprint density at radius 3 is 2.39 bits per heavy atom. The van der Waals surface area contributed by atoms with E-state index in [0.717, 1.165) is 0 Å². The number of halogens is 1. The topological polar surface area (TPSA) is 113 Å². The van der Waals surface area contributed by atoms with E-state index in [1.807, 2.05) is 0 Å². The standard InChI is InChI=1S/C20H23ClN4O5S/c21-16-6-1-4-9-19(16)31(29,30)24-14-12-23(13-15-24)20(26)10-5-11-22-17-7-2-3-8-18(17)25(27)28/h1-4,6-9,22H,5,10-15H2. The summed E-state index contributed by atoms with van der Waals surface area (Å²) in [5.41, 5.74) is 0.406. The van der Waals surface area contributed by atoms with Crippen molar-refractivity contribution in [1.82, 2.24) is 9.21 Å². The normalized spacial score (nSPS) is 14.9. The highest BCUT2D eigenvalue weighted by Crippen LogP contribution is 2.25. The zero-order valence-corrected chi connectivity index (χ0v) is 18.3. The Bertz CT molecular complexity index is 1060. The van der Waals surface area contributed by atoms with Crippen LogP contribution in [-0.2, 0) is 14.8 Å². The Hall–Kier alpha value is -2.69. The van der Waals surface area contributed by atoms with Crippen LogP contribution in [0, 0.1) is 10.1 Å². The number of piperazine rings is 1. The van der Waals surface area contributed by atoms with Gasteiger partial charge in [0.25, 0.3) is 5.69 Å². The summed E-state index contributed by atoms with van der Waals surface area (Å²) >= 11 is 6.04. The number of nitro groups is 1. The molecule has 31 heavy (non-hydrogen) atoms. The zero-order chi connectivity index (χ0) is 22.4. The largest absolute Gasteiger partial charge is 0.379 e. The fraction of sp³-hybridized carbons (Fsp3) is 0.350. The maximum absolute atomic E-state index is 12.8. The molecule has 1 aliphatic rings. The van der Waals surface area contributed by atoms with E-state index in [-0.39, 0.29) is 41.0 Å². The summed E-state index contributed by atoms with van der Waals surface area (Å²) in [5.74, 6) is -0.0702. The molecule has 1 fully saturated rings. The lowest BCUT2D eigenvalue weighted by Gasteiger charge is -2.34. The van der Waals surface area contributed by atoms with Gasteiger partial charge in [0.05, 0.1) is 9.95 Å². The molecule has 0 saturated carbocycles. The smallest absolute Gasteiger partial charge is 0.292 e. The number of anilines is 1. The molecule has 2 aromatic rings. The fourth-order valence-electron chi connectivity index (χ4n) is 3.37. The summed E-state index contributed by atoms with van der Waals surface area (Å²) in [6.45, 7) is 1.43. The summed E-state index contributed by atoms with van der Waals surface area (Å²) in [4.78, 5) is 24.7. The minimum absolute atomic E-state index is 0.00956. The maximum Gasteiger partial charge on any atom is 0.292 e. The van der Waals surface area contributed by atoms with Gasteiger partial charge in [-0.2, -0.15) is 4.31 Å². The zero-order valence-electron chi connectivity index (χ0n) is 16.7. The van der Waals surface area contributed by atoms with Crippen LogP contribution in [0.5, 0.6) is 0 Å². The Kier molecular flexibility index (Phi) is 7.47. The highest BCUT2D eigenvalue weighted by Gasteiger charge is 2.31. The van der Waals surface area contributed by atoms with Gasteiger partial charge in [-0.1, -0.05) is 35.9 Å². The first-order valence-electron chi connectivity index (χ1n) is 9.80. The number of carbonyl (C=O) groups excluding carboxylic acids is 1. The first-order chi connectivity index (χ1) is 14.8. The van der Waals surface area contributed by atoms with Gasteiger partial charge < -0.3 is 10.2 Å². The van der Waals surface area contributed by atoms with Gasteiger partial charge >= 0.3 is 0 Å². The van der Waals surface area contributed by atoms with Gasteiger partial charge in [-0.05, 0) is 24.6 Å². The third-order valence-corrected chi connectivity index (χ3v) is 7.43. The third-order valence-electron chi connectivity index (χ3n) is 5.03. The van der Waals surface area contributed by atoms with Crippen LogP contribution in [0.1, 0.15) is 12.8 Å². The number of amides is 1. The van der Waals surface area contributed by atoms with Crippen molar-refractivity contribution in [3.8, 4) is 0 Å². The number of rotatable bonds is 8. The highest BCUT2D eigenvalue weighted by atomic mass is 35.5. The second-order valence-corrected chi connectivity index (χ2v) is 9.33. The molecule has 1 N–H and O–H groups in total. The van der Waals surface area contributed by atoms with Crippen molar-refractivity contribution < 1.29 is 18.1 Å². The van der Waals surface area contributed by atoms with E-state index < -0.39 is 14.9 Å². The monoisotopic (exact) mass is 466 g/mol. The van der Waals surface area contributed by atoms with E-state index in [1.54, 1.807) is 35.2 Å². The number of carbonyl (C=O) groups is 1. The molecule has 1 saturated heterocycles. The molecule has 0 aliphatic carbocycles. The number of nitrogens with one attached hydrogen (secondary N) is 1. The second-order valence-electron chi connectivity index (χ2n) is 7.02. The summed E-state index contributed by atoms with van der Waals surface area (Å²) in [7, 11) is -3.71. The van der Waals surface area contributed by atoms with Crippen molar-refractivity contribution >= 4 is 38.9 Å². The van der Waals surface area contributed by atoms with Crippen molar-refractivity contribution in [2.45, 2.75) is 17.7 Å². The van der Waals surface area contributed by atoms with Crippen molar-refractivity contribution in [3.05, 3.63) is 63.7 Å². The molecule has 0 unspecified atom stereocenters. The average Bonchev–Trinajstić information content (AvgIpc) is 2.77. The van der Waals surface area contributed by atoms with Crippen LogP contribution in [0.4, 0.5) is 11.4 Å². The van der Waals surface area contributed by atoms with Gasteiger partial charge in [0, 0.05) is 45.2 Å². The maximum atomic E-state index is 12.8. The molecule has 1 heterocycles. The summed E-state index contributed by atoms with van der Waals surface area (Å²) in [6, 6.07) is 12.6. The van der Waals surface area contributed by atoms with Crippen LogP contribution in [0.25, 0.3) is 0 Å². The van der Waals surface area contributed by atoms with Crippen molar-refractivity contribution in [1.29, 1.82) is 0 Å². The average molecular weight is 467 g/mol. The first-order valence-corrected chi connectivity index (χ1v) is 11.6. The molecule has 0 spiro atoms. The molecule has 2 aromatic carbocycles. The molecule has 1 amide bonds. The number of sulfonamides is 1. The van der Waals surface area contributed by atoms with Crippen molar-refractivity contribution in [2.75, 3.05) is 38.0 Å². The Balaban J connectivity index is 1.47. The minimum atomic E-state index is -3.71. The van der Waals surface area contributed by atoms with Crippen LogP contribution in [0.15, 0.2) is 53.4 Å². The lowest BCUT2D eigenvalue weighted by Crippen LogP contribution is -2.50. The fourth-order valence-corrected chi connectivity index (χ4v) is 5.29. The summed E-state index contributed by atoms with van der Waals surface area (Å²) < 4.78 is 26.9. The van der Waals surface area contributed by atoms with E-state index in [4.69, 9.17) is 11.6 Å². The number of nitrogens with zero attached hydrogens (tertiary/aromatic N) is 3. The molecule has 0 atom stereocenters. The molecule has 0 bridgehead atoms. The molecular weight excluding hydrogens is 444 g/mol. The van der Waals surface area contributed by atoms with Crippen molar-refractivity contribution in [3.63, 3.8) is 0 Å². The lowest BCUT2D eigenvalue weighted by molar-refractivity contribution is -0.384. The van der Waals surface area contributed by atoms with Crippen LogP contribution < -0.4 is 5.32 Å². The van der Waals surface area contributed by atoms with Gasteiger partial charge in [0.15, 0.2) is 0 Å². The minimum Gasteiger partial charge on any atom is -0.379 e. The summed E-state index contributed by atoms with van der Waals surface area (Å²) in [6.07, 6.45) is 0.772. The molecule has 9 nitrogen and oxygen atoms in total. The lowest BCUT2D eigenvalue weighted by atomic mass is 10.2. The third kappa shape index (κ3) is 5.52. The molecular formula is C20H23ClN4O5S. The number of para-hydroxylation sites is 2. The highest BCUT2D eigenvalue weighted by molar-refractivity contribution is 7.89. The van der Waals surface area contributed by atoms with E-state index in [1.165, 1.54) is 22.5 Å². The number of hydrogen-bond donors (Lipinski definition) is 1. The van der Waals surface area contributed by atoms with E-state index in [2.05, 4.69) is 5.32 Å². The van der Waals surface area contributed by atoms with Gasteiger partial charge in [0.1, 0.15) is 10.6 Å². The predicted molar refractivity (Wildman–Crippen MR) is 118 cm³/mol. The van der Waals surface area contributed by atoms with Gasteiger partial charge in [-0.3, -0.25) is 14.9 Å². The Labute approximate surface area is 185 Å². The molecule has 0 radical (unpaired) electrons. The number of nitro benzene ring substituents is 1. The molecule has 0 aromatic heterocycles. The Morgan fingerprint density at radius 2 is 1.71 bits per heavy atom. The van der Waals surface area contributed by atoms with Crippen LogP contribution in [0.2, 0.25) is 5.02 Å².